The smallest absolute Gasteiger partial charge is 0.273 e. The van der Waals surface area contributed by atoms with Crippen molar-refractivity contribution in [3.63, 3.8) is 0 Å². The van der Waals surface area contributed by atoms with E-state index in [4.69, 9.17) is 27.8 Å². The summed E-state index contributed by atoms with van der Waals surface area (Å²) >= 11 is 6.56. The first-order valence-electron chi connectivity index (χ1n) is 10.4. The number of primary amides is 1. The van der Waals surface area contributed by atoms with Crippen LogP contribution in [0.5, 0.6) is 0 Å². The zero-order valence-corrected chi connectivity index (χ0v) is 18.6. The maximum Gasteiger partial charge on any atom is 0.273 e. The Morgan fingerprint density at radius 2 is 2.19 bits per heavy atom. The Hall–Kier alpha value is -3.02. The lowest BCUT2D eigenvalue weighted by molar-refractivity contribution is 0.0751. The second-order valence-corrected chi connectivity index (χ2v) is 8.62. The Labute approximate surface area is 189 Å². The molecule has 11 nitrogen and oxygen atoms in total. The molecule has 12 heteroatoms. The van der Waals surface area contributed by atoms with E-state index in [2.05, 4.69) is 44.8 Å². The third kappa shape index (κ3) is 4.74. The minimum Gasteiger partial charge on any atom is -0.380 e. The molecule has 0 radical (unpaired) electrons. The Balaban J connectivity index is 1.63. The molecule has 0 bridgehead atoms. The lowest BCUT2D eigenvalue weighted by Crippen LogP contribution is -2.48. The van der Waals surface area contributed by atoms with Gasteiger partial charge in [-0.1, -0.05) is 25.4 Å². The van der Waals surface area contributed by atoms with Crippen molar-refractivity contribution in [2.24, 2.45) is 17.4 Å². The lowest BCUT2D eigenvalue weighted by atomic mass is 10.1. The van der Waals surface area contributed by atoms with Crippen molar-refractivity contribution in [3.8, 4) is 0 Å². The van der Waals surface area contributed by atoms with E-state index in [1.807, 2.05) is 10.7 Å². The van der Waals surface area contributed by atoms with Crippen LogP contribution in [0.1, 0.15) is 30.8 Å². The molecule has 3 heterocycles. The summed E-state index contributed by atoms with van der Waals surface area (Å²) in [4.78, 5) is 16.3. The van der Waals surface area contributed by atoms with Gasteiger partial charge >= 0.3 is 0 Å². The average molecular weight is 460 g/mol. The third-order valence-corrected chi connectivity index (χ3v) is 5.41. The number of amides is 1. The van der Waals surface area contributed by atoms with Crippen LogP contribution < -0.4 is 22.1 Å². The number of nitrogens with zero attached hydrogens (tertiary/aromatic N) is 5. The highest BCUT2D eigenvalue weighted by Crippen LogP contribution is 2.30. The molecule has 2 aromatic heterocycles. The first-order chi connectivity index (χ1) is 15.3. The zero-order valence-electron chi connectivity index (χ0n) is 17.9. The number of anilines is 3. The summed E-state index contributed by atoms with van der Waals surface area (Å²) in [6.07, 6.45) is 2.46. The average Bonchev–Trinajstić information content (AvgIpc) is 3.12. The second-order valence-electron chi connectivity index (χ2n) is 8.22. The van der Waals surface area contributed by atoms with Crippen molar-refractivity contribution < 1.29 is 9.53 Å². The number of nitrogens with two attached hydrogens (primary N) is 2. The van der Waals surface area contributed by atoms with Crippen LogP contribution in [0.25, 0.3) is 10.9 Å². The van der Waals surface area contributed by atoms with Gasteiger partial charge in [-0.25, -0.2) is 0 Å². The first-order valence-corrected chi connectivity index (χ1v) is 10.8. The van der Waals surface area contributed by atoms with Gasteiger partial charge in [0.1, 0.15) is 0 Å². The largest absolute Gasteiger partial charge is 0.380 e. The highest BCUT2D eigenvalue weighted by atomic mass is 35.5. The summed E-state index contributed by atoms with van der Waals surface area (Å²) in [6, 6.07) is 3.34. The summed E-state index contributed by atoms with van der Waals surface area (Å²) < 4.78 is 7.24. The lowest BCUT2D eigenvalue weighted by Gasteiger charge is -2.29. The Kier molecular flexibility index (Phi) is 6.40. The van der Waals surface area contributed by atoms with Gasteiger partial charge in [-0.05, 0) is 24.5 Å². The molecule has 2 atom stereocenters. The van der Waals surface area contributed by atoms with Crippen LogP contribution in [0.15, 0.2) is 18.3 Å². The summed E-state index contributed by atoms with van der Waals surface area (Å²) in [5, 5.41) is 20.0. The Morgan fingerprint density at radius 3 is 2.91 bits per heavy atom. The van der Waals surface area contributed by atoms with Crippen LogP contribution >= 0.6 is 11.6 Å². The molecule has 4 rings (SSSR count). The molecule has 3 aromatic rings. The molecular formula is C20H26ClN9O2. The second kappa shape index (κ2) is 9.23. The number of benzene rings is 1. The molecular weight excluding hydrogens is 434 g/mol. The van der Waals surface area contributed by atoms with Gasteiger partial charge in [0.15, 0.2) is 11.5 Å². The summed E-state index contributed by atoms with van der Waals surface area (Å²) in [5.74, 6) is 0.0723. The zero-order chi connectivity index (χ0) is 22.8. The van der Waals surface area contributed by atoms with Gasteiger partial charge in [-0.15, -0.1) is 10.2 Å². The van der Waals surface area contributed by atoms with Gasteiger partial charge in [-0.3, -0.25) is 9.48 Å². The molecule has 1 aliphatic rings. The highest BCUT2D eigenvalue weighted by molar-refractivity contribution is 6.35. The van der Waals surface area contributed by atoms with Crippen molar-refractivity contribution in [2.45, 2.75) is 38.9 Å². The molecule has 0 spiro atoms. The molecule has 1 aromatic carbocycles. The maximum absolute atomic E-state index is 11.9. The molecule has 1 saturated heterocycles. The quantitative estimate of drug-likeness (QED) is 0.413. The molecule has 0 saturated carbocycles. The first kappa shape index (κ1) is 22.2. The number of aromatic nitrogens is 5. The van der Waals surface area contributed by atoms with Crippen molar-refractivity contribution in [2.75, 3.05) is 23.8 Å². The van der Waals surface area contributed by atoms with E-state index < -0.39 is 5.91 Å². The fourth-order valence-corrected chi connectivity index (χ4v) is 3.94. The van der Waals surface area contributed by atoms with Crippen molar-refractivity contribution in [3.05, 3.63) is 29.0 Å². The number of rotatable bonds is 7. The normalized spacial score (nSPS) is 18.8. The van der Waals surface area contributed by atoms with Gasteiger partial charge in [0.2, 0.25) is 5.95 Å². The molecule has 170 valence electrons. The summed E-state index contributed by atoms with van der Waals surface area (Å²) in [6.45, 7) is 6.01. The van der Waals surface area contributed by atoms with Crippen molar-refractivity contribution >= 4 is 45.9 Å². The van der Waals surface area contributed by atoms with Gasteiger partial charge in [0.05, 0.1) is 23.3 Å². The minimum absolute atomic E-state index is 0.0737. The van der Waals surface area contributed by atoms with Gasteiger partial charge in [0, 0.05) is 36.3 Å². The van der Waals surface area contributed by atoms with E-state index in [1.54, 1.807) is 12.3 Å². The number of carbonyl (C=O) groups excluding carboxylic acids is 1. The molecule has 1 amide bonds. The Morgan fingerprint density at radius 1 is 1.38 bits per heavy atom. The van der Waals surface area contributed by atoms with Crippen LogP contribution in [-0.4, -0.2) is 56.2 Å². The van der Waals surface area contributed by atoms with E-state index in [0.29, 0.717) is 36.3 Å². The third-order valence-electron chi connectivity index (χ3n) is 5.12. The van der Waals surface area contributed by atoms with E-state index in [0.717, 1.165) is 17.4 Å². The Bertz CT molecular complexity index is 1130. The predicted octanol–water partition coefficient (Wildman–Crippen LogP) is 1.90. The molecule has 0 aliphatic carbocycles. The fraction of sp³-hybridized carbons (Fsp3) is 0.450. The van der Waals surface area contributed by atoms with E-state index in [-0.39, 0.29) is 29.5 Å². The highest BCUT2D eigenvalue weighted by Gasteiger charge is 2.24. The molecule has 6 N–H and O–H groups in total. The van der Waals surface area contributed by atoms with Crippen LogP contribution in [0.3, 0.4) is 0 Å². The SMILES string of the molecule is CC(C)Cn1ncc2cc(Nc3nc(N[C@@H]4CCOC[C@@H]4N)nnc3C(N)=O)cc(Cl)c21. The summed E-state index contributed by atoms with van der Waals surface area (Å²) in [7, 11) is 0. The van der Waals surface area contributed by atoms with E-state index in [9.17, 15) is 4.79 Å². The fourth-order valence-electron chi connectivity index (χ4n) is 3.62. The number of carbonyl (C=O) groups is 1. The molecule has 32 heavy (non-hydrogen) atoms. The number of ether oxygens (including phenoxy) is 1. The number of hydrogen-bond acceptors (Lipinski definition) is 9. The number of fused-ring (bicyclic) bond motifs is 1. The van der Waals surface area contributed by atoms with Crippen LogP contribution in [0.2, 0.25) is 5.02 Å². The van der Waals surface area contributed by atoms with Crippen LogP contribution in [0.4, 0.5) is 17.5 Å². The van der Waals surface area contributed by atoms with Gasteiger partial charge in [-0.2, -0.15) is 10.1 Å². The van der Waals surface area contributed by atoms with E-state index in [1.165, 1.54) is 0 Å². The van der Waals surface area contributed by atoms with Gasteiger partial charge in [0.25, 0.3) is 5.91 Å². The van der Waals surface area contributed by atoms with Gasteiger partial charge < -0.3 is 26.8 Å². The summed E-state index contributed by atoms with van der Waals surface area (Å²) in [5.41, 5.74) is 12.9. The van der Waals surface area contributed by atoms with Crippen molar-refractivity contribution in [1.82, 2.24) is 25.0 Å². The molecule has 0 unspecified atom stereocenters. The topological polar surface area (TPSA) is 159 Å². The molecule has 1 aliphatic heterocycles. The van der Waals surface area contributed by atoms with Crippen LogP contribution in [-0.2, 0) is 11.3 Å². The van der Waals surface area contributed by atoms with E-state index >= 15 is 0 Å². The monoisotopic (exact) mass is 459 g/mol. The maximum atomic E-state index is 11.9. The minimum atomic E-state index is -0.751. The molecule has 1 fully saturated rings. The predicted molar refractivity (Wildman–Crippen MR) is 122 cm³/mol. The number of hydrogen-bond donors (Lipinski definition) is 4. The standard InChI is InChI=1S/C20H26ClN9O2/c1-10(2)8-30-17-11(7-24-30)5-12(6-13(17)21)25-19-16(18(23)31)28-29-20(27-19)26-15-3-4-32-9-14(15)22/h5-7,10,14-15H,3-4,8-9,22H2,1-2H3,(H2,23,31)(H2,25,26,27,29)/t14-,15+/m0/s1. The number of nitrogens with one attached hydrogen (secondary N) is 2. The van der Waals surface area contributed by atoms with Crippen LogP contribution in [0, 0.1) is 5.92 Å². The number of halogens is 1. The van der Waals surface area contributed by atoms with Crippen molar-refractivity contribution in [1.29, 1.82) is 0 Å².